The standard InChI is InChI=1S/C24H23N3O4/c1-16(28)31-22-6-4-5-18(15-22)24(30)26-20-11-9-19(10-12-20)25-23(29)17-7-13-21(14-8-17)27(2)3/h4-15H,1-3H3,(H,25,29)(H,26,30). The quantitative estimate of drug-likeness (QED) is 0.464. The van der Waals surface area contributed by atoms with Crippen molar-refractivity contribution in [2.75, 3.05) is 29.6 Å². The molecule has 0 aliphatic rings. The third-order valence-electron chi connectivity index (χ3n) is 4.40. The summed E-state index contributed by atoms with van der Waals surface area (Å²) < 4.78 is 5.00. The molecular weight excluding hydrogens is 394 g/mol. The summed E-state index contributed by atoms with van der Waals surface area (Å²) in [5.74, 6) is -0.711. The summed E-state index contributed by atoms with van der Waals surface area (Å²) in [5, 5.41) is 5.60. The second-order valence-corrected chi connectivity index (χ2v) is 7.05. The Kier molecular flexibility index (Phi) is 6.67. The second-order valence-electron chi connectivity index (χ2n) is 7.05. The van der Waals surface area contributed by atoms with Crippen molar-refractivity contribution in [3.63, 3.8) is 0 Å². The fourth-order valence-electron chi connectivity index (χ4n) is 2.82. The molecule has 0 fully saturated rings. The van der Waals surface area contributed by atoms with Crippen LogP contribution in [0.1, 0.15) is 27.6 Å². The maximum Gasteiger partial charge on any atom is 0.308 e. The van der Waals surface area contributed by atoms with E-state index in [2.05, 4.69) is 10.6 Å². The Labute approximate surface area is 180 Å². The molecule has 0 radical (unpaired) electrons. The first kappa shape index (κ1) is 21.6. The summed E-state index contributed by atoms with van der Waals surface area (Å²) in [6, 6.07) is 20.4. The summed E-state index contributed by atoms with van der Waals surface area (Å²) >= 11 is 0. The zero-order valence-electron chi connectivity index (χ0n) is 17.5. The van der Waals surface area contributed by atoms with E-state index in [1.807, 2.05) is 31.1 Å². The molecule has 0 heterocycles. The molecule has 0 aromatic heterocycles. The first-order valence-corrected chi connectivity index (χ1v) is 9.60. The van der Waals surface area contributed by atoms with E-state index in [1.54, 1.807) is 54.6 Å². The molecule has 158 valence electrons. The second kappa shape index (κ2) is 9.58. The third-order valence-corrected chi connectivity index (χ3v) is 4.40. The molecule has 3 rings (SSSR count). The Hall–Kier alpha value is -4.13. The van der Waals surface area contributed by atoms with Gasteiger partial charge in [0, 0.05) is 49.2 Å². The highest BCUT2D eigenvalue weighted by Gasteiger charge is 2.10. The van der Waals surface area contributed by atoms with E-state index in [0.717, 1.165) is 5.69 Å². The van der Waals surface area contributed by atoms with Crippen molar-refractivity contribution in [1.29, 1.82) is 0 Å². The molecule has 0 unspecified atom stereocenters. The normalized spacial score (nSPS) is 10.2. The van der Waals surface area contributed by atoms with Gasteiger partial charge in [0.1, 0.15) is 5.75 Å². The van der Waals surface area contributed by atoms with Crippen molar-refractivity contribution >= 4 is 34.8 Å². The molecule has 7 nitrogen and oxygen atoms in total. The zero-order chi connectivity index (χ0) is 22.4. The molecule has 3 aromatic rings. The Bertz CT molecular complexity index is 1090. The molecule has 2 N–H and O–H groups in total. The van der Waals surface area contributed by atoms with Crippen LogP contribution in [0.5, 0.6) is 5.75 Å². The lowest BCUT2D eigenvalue weighted by molar-refractivity contribution is -0.131. The molecule has 2 amide bonds. The Morgan fingerprint density at radius 1 is 0.742 bits per heavy atom. The van der Waals surface area contributed by atoms with E-state index < -0.39 is 5.97 Å². The maximum absolute atomic E-state index is 12.5. The van der Waals surface area contributed by atoms with Crippen molar-refractivity contribution in [2.24, 2.45) is 0 Å². The molecule has 0 bridgehead atoms. The SMILES string of the molecule is CC(=O)Oc1cccc(C(=O)Nc2ccc(NC(=O)c3ccc(N(C)C)cc3)cc2)c1. The van der Waals surface area contributed by atoms with Crippen molar-refractivity contribution in [2.45, 2.75) is 6.92 Å². The van der Waals surface area contributed by atoms with Gasteiger partial charge >= 0.3 is 5.97 Å². The van der Waals surface area contributed by atoms with Crippen LogP contribution < -0.4 is 20.3 Å². The van der Waals surface area contributed by atoms with Gasteiger partial charge in [0.05, 0.1) is 0 Å². The number of anilines is 3. The number of rotatable bonds is 6. The van der Waals surface area contributed by atoms with Crippen LogP contribution in [0.15, 0.2) is 72.8 Å². The number of hydrogen-bond donors (Lipinski definition) is 2. The Morgan fingerprint density at radius 3 is 1.81 bits per heavy atom. The van der Waals surface area contributed by atoms with Crippen LogP contribution in [0.4, 0.5) is 17.1 Å². The van der Waals surface area contributed by atoms with Crippen LogP contribution in [-0.4, -0.2) is 31.9 Å². The summed E-state index contributed by atoms with van der Waals surface area (Å²) in [5.41, 5.74) is 3.09. The van der Waals surface area contributed by atoms with Gasteiger partial charge < -0.3 is 20.3 Å². The van der Waals surface area contributed by atoms with Crippen molar-refractivity contribution < 1.29 is 19.1 Å². The van der Waals surface area contributed by atoms with Gasteiger partial charge in [-0.2, -0.15) is 0 Å². The third kappa shape index (κ3) is 5.93. The lowest BCUT2D eigenvalue weighted by Crippen LogP contribution is -2.14. The molecule has 3 aromatic carbocycles. The molecular formula is C24H23N3O4. The maximum atomic E-state index is 12.5. The smallest absolute Gasteiger partial charge is 0.308 e. The number of carbonyl (C=O) groups is 3. The molecule has 0 aliphatic carbocycles. The number of esters is 1. The number of hydrogen-bond acceptors (Lipinski definition) is 5. The van der Waals surface area contributed by atoms with Crippen LogP contribution in [0.25, 0.3) is 0 Å². The minimum Gasteiger partial charge on any atom is -0.427 e. The molecule has 7 heteroatoms. The minimum atomic E-state index is -0.455. The number of ether oxygens (including phenoxy) is 1. The first-order valence-electron chi connectivity index (χ1n) is 9.60. The number of nitrogens with one attached hydrogen (secondary N) is 2. The molecule has 0 saturated heterocycles. The van der Waals surface area contributed by atoms with Gasteiger partial charge in [0.15, 0.2) is 0 Å². The molecule has 0 spiro atoms. The van der Waals surface area contributed by atoms with Crippen LogP contribution in [0, 0.1) is 0 Å². The van der Waals surface area contributed by atoms with E-state index in [4.69, 9.17) is 4.74 Å². The molecule has 0 aliphatic heterocycles. The van der Waals surface area contributed by atoms with Crippen LogP contribution in [-0.2, 0) is 4.79 Å². The van der Waals surface area contributed by atoms with Crippen LogP contribution >= 0.6 is 0 Å². The average molecular weight is 417 g/mol. The predicted molar refractivity (Wildman–Crippen MR) is 121 cm³/mol. The number of benzene rings is 3. The highest BCUT2D eigenvalue weighted by molar-refractivity contribution is 6.06. The average Bonchev–Trinajstić information content (AvgIpc) is 2.75. The largest absolute Gasteiger partial charge is 0.427 e. The van der Waals surface area contributed by atoms with Crippen molar-refractivity contribution in [3.05, 3.63) is 83.9 Å². The van der Waals surface area contributed by atoms with Gasteiger partial charge in [-0.05, 0) is 66.7 Å². The summed E-state index contributed by atoms with van der Waals surface area (Å²) in [6.07, 6.45) is 0. The van der Waals surface area contributed by atoms with E-state index in [0.29, 0.717) is 28.3 Å². The van der Waals surface area contributed by atoms with Crippen LogP contribution in [0.2, 0.25) is 0 Å². The lowest BCUT2D eigenvalue weighted by atomic mass is 10.1. The summed E-state index contributed by atoms with van der Waals surface area (Å²) in [6.45, 7) is 1.30. The van der Waals surface area contributed by atoms with Crippen molar-refractivity contribution in [1.82, 2.24) is 0 Å². The minimum absolute atomic E-state index is 0.218. The van der Waals surface area contributed by atoms with Gasteiger partial charge in [-0.15, -0.1) is 0 Å². The van der Waals surface area contributed by atoms with Gasteiger partial charge in [-0.25, -0.2) is 0 Å². The fraction of sp³-hybridized carbons (Fsp3) is 0.125. The first-order chi connectivity index (χ1) is 14.8. The Morgan fingerprint density at radius 2 is 1.29 bits per heavy atom. The van der Waals surface area contributed by atoms with E-state index in [-0.39, 0.29) is 11.8 Å². The van der Waals surface area contributed by atoms with E-state index >= 15 is 0 Å². The van der Waals surface area contributed by atoms with Crippen LogP contribution in [0.3, 0.4) is 0 Å². The van der Waals surface area contributed by atoms with Gasteiger partial charge in [-0.1, -0.05) is 6.07 Å². The Balaban J connectivity index is 1.61. The topological polar surface area (TPSA) is 87.7 Å². The number of nitrogens with zero attached hydrogens (tertiary/aromatic N) is 1. The lowest BCUT2D eigenvalue weighted by Gasteiger charge is -2.13. The van der Waals surface area contributed by atoms with E-state index in [9.17, 15) is 14.4 Å². The molecule has 0 saturated carbocycles. The number of amides is 2. The highest BCUT2D eigenvalue weighted by atomic mass is 16.5. The van der Waals surface area contributed by atoms with E-state index in [1.165, 1.54) is 13.0 Å². The molecule has 31 heavy (non-hydrogen) atoms. The van der Waals surface area contributed by atoms with Gasteiger partial charge in [-0.3, -0.25) is 14.4 Å². The monoisotopic (exact) mass is 417 g/mol. The fourth-order valence-corrected chi connectivity index (χ4v) is 2.82. The summed E-state index contributed by atoms with van der Waals surface area (Å²) in [4.78, 5) is 37.9. The number of carbonyl (C=O) groups excluding carboxylic acids is 3. The van der Waals surface area contributed by atoms with Crippen molar-refractivity contribution in [3.8, 4) is 5.75 Å². The zero-order valence-corrected chi connectivity index (χ0v) is 17.5. The molecule has 0 atom stereocenters. The van der Waals surface area contributed by atoms with Gasteiger partial charge in [0.2, 0.25) is 0 Å². The predicted octanol–water partition coefficient (Wildman–Crippen LogP) is 4.18. The summed E-state index contributed by atoms with van der Waals surface area (Å²) in [7, 11) is 3.87. The van der Waals surface area contributed by atoms with Gasteiger partial charge in [0.25, 0.3) is 11.8 Å². The highest BCUT2D eigenvalue weighted by Crippen LogP contribution is 2.19.